The second-order valence-electron chi connectivity index (χ2n) is 9.01. The number of fused-ring (bicyclic) bond motifs is 1. The maximum atomic E-state index is 5.38. The molecular formula is C21H32N6O. The van der Waals surface area contributed by atoms with Crippen molar-refractivity contribution >= 4 is 5.82 Å². The third kappa shape index (κ3) is 3.77. The summed E-state index contributed by atoms with van der Waals surface area (Å²) in [6, 6.07) is 2.32. The molecule has 2 aliphatic heterocycles. The Morgan fingerprint density at radius 3 is 2.68 bits per heavy atom. The Morgan fingerprint density at radius 2 is 1.89 bits per heavy atom. The van der Waals surface area contributed by atoms with Gasteiger partial charge in [0.15, 0.2) is 5.82 Å². The summed E-state index contributed by atoms with van der Waals surface area (Å²) in [4.78, 5) is 12.2. The lowest BCUT2D eigenvalue weighted by atomic mass is 9.95. The topological polar surface area (TPSA) is 69.0 Å². The Balaban J connectivity index is 1.73. The van der Waals surface area contributed by atoms with Gasteiger partial charge in [-0.25, -0.2) is 9.97 Å². The zero-order valence-corrected chi connectivity index (χ0v) is 17.6. The Bertz CT molecular complexity index is 825. The number of piperidine rings is 1. The first-order chi connectivity index (χ1) is 13.5. The molecule has 0 aliphatic carbocycles. The van der Waals surface area contributed by atoms with Crippen LogP contribution in [0.25, 0.3) is 0 Å². The van der Waals surface area contributed by atoms with Crippen molar-refractivity contribution in [3.63, 3.8) is 0 Å². The summed E-state index contributed by atoms with van der Waals surface area (Å²) >= 11 is 0. The minimum absolute atomic E-state index is 0.113. The Labute approximate surface area is 167 Å². The zero-order chi connectivity index (χ0) is 19.7. The van der Waals surface area contributed by atoms with E-state index in [-0.39, 0.29) is 11.5 Å². The minimum atomic E-state index is -0.113. The third-order valence-electron chi connectivity index (χ3n) is 5.71. The van der Waals surface area contributed by atoms with Crippen molar-refractivity contribution in [3.05, 3.63) is 29.2 Å². The first-order valence-electron chi connectivity index (χ1n) is 10.5. The van der Waals surface area contributed by atoms with Crippen molar-refractivity contribution < 1.29 is 4.74 Å². The van der Waals surface area contributed by atoms with Gasteiger partial charge in [0.05, 0.1) is 18.3 Å². The number of hydrogen-bond acceptors (Lipinski definition) is 6. The van der Waals surface area contributed by atoms with Gasteiger partial charge in [0.2, 0.25) is 0 Å². The smallest absolute Gasteiger partial charge is 0.155 e. The molecule has 0 amide bonds. The number of aryl methyl sites for hydroxylation is 1. The van der Waals surface area contributed by atoms with E-state index in [4.69, 9.17) is 14.7 Å². The fraction of sp³-hybridized carbons (Fsp3) is 0.714. The molecule has 1 unspecified atom stereocenters. The molecular weight excluding hydrogens is 352 g/mol. The van der Waals surface area contributed by atoms with Gasteiger partial charge >= 0.3 is 0 Å². The van der Waals surface area contributed by atoms with E-state index in [0.29, 0.717) is 6.61 Å². The van der Waals surface area contributed by atoms with Crippen LogP contribution in [0.4, 0.5) is 5.82 Å². The van der Waals surface area contributed by atoms with Gasteiger partial charge in [-0.15, -0.1) is 10.2 Å². The maximum absolute atomic E-state index is 5.38. The van der Waals surface area contributed by atoms with Crippen molar-refractivity contribution in [3.8, 4) is 0 Å². The van der Waals surface area contributed by atoms with Gasteiger partial charge < -0.3 is 14.2 Å². The summed E-state index contributed by atoms with van der Waals surface area (Å²) in [7, 11) is 1.71. The summed E-state index contributed by atoms with van der Waals surface area (Å²) in [6.07, 6.45) is 6.95. The highest BCUT2D eigenvalue weighted by atomic mass is 16.5. The second-order valence-corrected chi connectivity index (χ2v) is 9.01. The molecule has 0 aromatic carbocycles. The molecule has 7 heteroatoms. The predicted molar refractivity (Wildman–Crippen MR) is 108 cm³/mol. The average Bonchev–Trinajstić information content (AvgIpc) is 3.11. The highest BCUT2D eigenvalue weighted by Crippen LogP contribution is 2.35. The van der Waals surface area contributed by atoms with Crippen LogP contribution in [0.3, 0.4) is 0 Å². The number of aromatic nitrogens is 5. The molecule has 0 saturated carbocycles. The molecule has 4 heterocycles. The zero-order valence-electron chi connectivity index (χ0n) is 17.6. The predicted octanol–water partition coefficient (Wildman–Crippen LogP) is 3.58. The Morgan fingerprint density at radius 1 is 1.07 bits per heavy atom. The number of methoxy groups -OCH3 is 1. The van der Waals surface area contributed by atoms with Crippen molar-refractivity contribution in [1.82, 2.24) is 24.7 Å². The molecule has 4 rings (SSSR count). The van der Waals surface area contributed by atoms with Crippen molar-refractivity contribution in [2.75, 3.05) is 18.6 Å². The van der Waals surface area contributed by atoms with Gasteiger partial charge in [-0.05, 0) is 32.1 Å². The molecule has 0 spiro atoms. The minimum Gasteiger partial charge on any atom is -0.378 e. The first kappa shape index (κ1) is 19.3. The quantitative estimate of drug-likeness (QED) is 0.802. The molecule has 1 saturated heterocycles. The molecule has 2 aromatic heterocycles. The lowest BCUT2D eigenvalue weighted by Gasteiger charge is -2.37. The fourth-order valence-electron chi connectivity index (χ4n) is 4.24. The van der Waals surface area contributed by atoms with Gasteiger partial charge in [-0.3, -0.25) is 0 Å². The van der Waals surface area contributed by atoms with Crippen LogP contribution in [0.5, 0.6) is 0 Å². The lowest BCUT2D eigenvalue weighted by molar-refractivity contribution is 0.181. The fourth-order valence-corrected chi connectivity index (χ4v) is 4.24. The average molecular weight is 385 g/mol. The molecule has 0 N–H and O–H groups in total. The van der Waals surface area contributed by atoms with E-state index in [1.807, 2.05) is 0 Å². The number of rotatable bonds is 4. The van der Waals surface area contributed by atoms with E-state index in [0.717, 1.165) is 54.9 Å². The van der Waals surface area contributed by atoms with Crippen LogP contribution >= 0.6 is 0 Å². The van der Waals surface area contributed by atoms with Crippen molar-refractivity contribution in [2.45, 2.75) is 83.9 Å². The lowest BCUT2D eigenvalue weighted by Crippen LogP contribution is -2.36. The van der Waals surface area contributed by atoms with Crippen LogP contribution in [0, 0.1) is 0 Å². The van der Waals surface area contributed by atoms with E-state index in [1.165, 1.54) is 25.7 Å². The molecule has 1 fully saturated rings. The number of anilines is 1. The van der Waals surface area contributed by atoms with Crippen molar-refractivity contribution in [1.29, 1.82) is 0 Å². The van der Waals surface area contributed by atoms with E-state index >= 15 is 0 Å². The molecule has 2 aliphatic rings. The van der Waals surface area contributed by atoms with Gasteiger partial charge in [0, 0.05) is 38.1 Å². The number of ether oxygens (including phenoxy) is 1. The molecule has 28 heavy (non-hydrogen) atoms. The number of hydrogen-bond donors (Lipinski definition) is 0. The maximum Gasteiger partial charge on any atom is 0.155 e. The third-order valence-corrected chi connectivity index (χ3v) is 5.71. The molecule has 1 atom stereocenters. The van der Waals surface area contributed by atoms with Crippen LogP contribution < -0.4 is 4.90 Å². The normalized spacial score (nSPS) is 20.3. The van der Waals surface area contributed by atoms with Gasteiger partial charge in [-0.1, -0.05) is 20.8 Å². The van der Waals surface area contributed by atoms with Gasteiger partial charge in [-0.2, -0.15) is 0 Å². The summed E-state index contributed by atoms with van der Waals surface area (Å²) in [6.45, 7) is 8.99. The second kappa shape index (κ2) is 7.78. The summed E-state index contributed by atoms with van der Waals surface area (Å²) < 4.78 is 7.73. The molecule has 0 bridgehead atoms. The van der Waals surface area contributed by atoms with Crippen LogP contribution in [0.15, 0.2) is 6.07 Å². The SMILES string of the molecule is COCc1cc(N2CCCCC2c2nnc3n2CCCC3)nc(C(C)(C)C)n1. The van der Waals surface area contributed by atoms with Gasteiger partial charge in [0.25, 0.3) is 0 Å². The van der Waals surface area contributed by atoms with E-state index in [9.17, 15) is 0 Å². The van der Waals surface area contributed by atoms with Crippen LogP contribution in [0.1, 0.15) is 82.1 Å². The molecule has 7 nitrogen and oxygen atoms in total. The molecule has 0 radical (unpaired) electrons. The Hall–Kier alpha value is -2.02. The first-order valence-corrected chi connectivity index (χ1v) is 10.5. The summed E-state index contributed by atoms with van der Waals surface area (Å²) in [5.41, 5.74) is 0.822. The largest absolute Gasteiger partial charge is 0.378 e. The molecule has 152 valence electrons. The van der Waals surface area contributed by atoms with Crippen molar-refractivity contribution in [2.24, 2.45) is 0 Å². The van der Waals surface area contributed by atoms with Crippen LogP contribution in [-0.4, -0.2) is 38.4 Å². The van der Waals surface area contributed by atoms with Crippen LogP contribution in [0.2, 0.25) is 0 Å². The van der Waals surface area contributed by atoms with Gasteiger partial charge in [0.1, 0.15) is 17.5 Å². The van der Waals surface area contributed by atoms with E-state index in [2.05, 4.69) is 46.5 Å². The van der Waals surface area contributed by atoms with E-state index < -0.39 is 0 Å². The van der Waals surface area contributed by atoms with E-state index in [1.54, 1.807) is 7.11 Å². The number of nitrogens with zero attached hydrogens (tertiary/aromatic N) is 6. The molecule has 2 aromatic rings. The monoisotopic (exact) mass is 384 g/mol. The summed E-state index contributed by atoms with van der Waals surface area (Å²) in [5, 5.41) is 9.13. The Kier molecular flexibility index (Phi) is 5.36. The highest BCUT2D eigenvalue weighted by Gasteiger charge is 2.32. The van der Waals surface area contributed by atoms with Crippen LogP contribution in [-0.2, 0) is 29.7 Å². The highest BCUT2D eigenvalue weighted by molar-refractivity contribution is 5.43. The summed E-state index contributed by atoms with van der Waals surface area (Å²) in [5.74, 6) is 4.11. The standard InChI is InChI=1S/C21H32N6O/c1-21(2,3)20-22-15(14-28-4)13-18(23-20)26-11-7-5-9-16(26)19-25-24-17-10-6-8-12-27(17)19/h13,16H,5-12,14H2,1-4H3.